The van der Waals surface area contributed by atoms with Gasteiger partial charge in [0.2, 0.25) is 11.6 Å². The molecule has 0 saturated heterocycles. The van der Waals surface area contributed by atoms with E-state index in [-0.39, 0.29) is 27.8 Å². The molecule has 0 aliphatic rings. The Hall–Kier alpha value is -3.93. The quantitative estimate of drug-likeness (QED) is 0.283. The molecule has 32 heavy (non-hydrogen) atoms. The first-order chi connectivity index (χ1) is 15.1. The molecule has 0 spiro atoms. The van der Waals surface area contributed by atoms with E-state index in [4.69, 9.17) is 11.6 Å². The van der Waals surface area contributed by atoms with Crippen LogP contribution in [0.4, 0.5) is 41.9 Å². The van der Waals surface area contributed by atoms with Crippen molar-refractivity contribution >= 4 is 46.3 Å². The third-order valence-corrected chi connectivity index (χ3v) is 4.47. The van der Waals surface area contributed by atoms with Gasteiger partial charge in [-0.3, -0.25) is 10.1 Å². The lowest BCUT2D eigenvalue weighted by Gasteiger charge is -2.14. The minimum absolute atomic E-state index is 0.0818. The van der Waals surface area contributed by atoms with Crippen LogP contribution in [-0.4, -0.2) is 28.0 Å². The van der Waals surface area contributed by atoms with E-state index in [1.54, 1.807) is 12.1 Å². The summed E-state index contributed by atoms with van der Waals surface area (Å²) in [5.74, 6) is -1.42. The summed E-state index contributed by atoms with van der Waals surface area (Å²) in [5, 5.41) is 16.8. The lowest BCUT2D eigenvalue weighted by Crippen LogP contribution is -2.09. The zero-order valence-corrected chi connectivity index (χ0v) is 16.9. The highest BCUT2D eigenvalue weighted by molar-refractivity contribution is 6.33. The number of halogens is 4. The molecule has 1 heterocycles. The molecule has 2 aromatic carbocycles. The first-order valence-corrected chi connectivity index (χ1v) is 9.07. The van der Waals surface area contributed by atoms with Crippen LogP contribution >= 0.6 is 11.6 Å². The zero-order valence-electron chi connectivity index (χ0n) is 16.1. The van der Waals surface area contributed by atoms with Crippen LogP contribution in [-0.2, 0) is 10.9 Å². The van der Waals surface area contributed by atoms with E-state index in [1.165, 1.54) is 19.2 Å². The second kappa shape index (κ2) is 9.06. The molecule has 0 atom stereocenters. The molecule has 13 heteroatoms. The SMILES string of the molecule is COC(=O)c1ccccc1Nc1ncnc(Nc2cc(C(F)(F)F)ccc2Cl)c1[N+](=O)[O-]. The predicted octanol–water partition coefficient (Wildman–Crippen LogP) is 5.33. The molecule has 0 saturated carbocycles. The smallest absolute Gasteiger partial charge is 0.416 e. The van der Waals surface area contributed by atoms with Gasteiger partial charge in [-0.05, 0) is 30.3 Å². The first-order valence-electron chi connectivity index (χ1n) is 8.69. The Morgan fingerprint density at radius 1 is 1.09 bits per heavy atom. The number of carbonyl (C=O) groups is 1. The highest BCUT2D eigenvalue weighted by atomic mass is 35.5. The topological polar surface area (TPSA) is 119 Å². The molecule has 0 radical (unpaired) electrons. The molecule has 0 unspecified atom stereocenters. The van der Waals surface area contributed by atoms with E-state index < -0.39 is 34.1 Å². The molecule has 3 aromatic rings. The van der Waals surface area contributed by atoms with Crippen molar-refractivity contribution in [3.63, 3.8) is 0 Å². The van der Waals surface area contributed by atoms with Gasteiger partial charge >= 0.3 is 17.8 Å². The molecule has 2 N–H and O–H groups in total. The van der Waals surface area contributed by atoms with Crippen molar-refractivity contribution in [1.82, 2.24) is 9.97 Å². The fourth-order valence-corrected chi connectivity index (χ4v) is 2.83. The van der Waals surface area contributed by atoms with E-state index in [0.717, 1.165) is 18.5 Å². The van der Waals surface area contributed by atoms with Crippen molar-refractivity contribution < 1.29 is 27.6 Å². The van der Waals surface area contributed by atoms with Crippen molar-refractivity contribution in [2.24, 2.45) is 0 Å². The van der Waals surface area contributed by atoms with Gasteiger partial charge in [0.15, 0.2) is 0 Å². The lowest BCUT2D eigenvalue weighted by molar-refractivity contribution is -0.383. The standard InChI is InChI=1S/C19H13ClF3N5O4/c1-32-18(29)11-4-2-3-5-13(11)26-16-15(28(30)31)17(25-9-24-16)27-14-8-10(19(21,22)23)6-7-12(14)20/h2-9H,1H3,(H2,24,25,26,27). The minimum Gasteiger partial charge on any atom is -0.465 e. The van der Waals surface area contributed by atoms with Gasteiger partial charge in [0.05, 0.1) is 39.6 Å². The van der Waals surface area contributed by atoms with Crippen LogP contribution in [0.3, 0.4) is 0 Å². The summed E-state index contributed by atoms with van der Waals surface area (Å²) in [6.45, 7) is 0. The molecule has 0 amide bonds. The van der Waals surface area contributed by atoms with Crippen LogP contribution in [0.2, 0.25) is 5.02 Å². The maximum absolute atomic E-state index is 13.0. The molecular weight excluding hydrogens is 455 g/mol. The van der Waals surface area contributed by atoms with E-state index in [9.17, 15) is 28.1 Å². The summed E-state index contributed by atoms with van der Waals surface area (Å²) in [6.07, 6.45) is -3.69. The monoisotopic (exact) mass is 467 g/mol. The molecule has 0 aliphatic carbocycles. The van der Waals surface area contributed by atoms with Crippen LogP contribution in [0.25, 0.3) is 0 Å². The number of alkyl halides is 3. The Bertz CT molecular complexity index is 1190. The Labute approximate surface area is 183 Å². The third-order valence-electron chi connectivity index (χ3n) is 4.14. The number of carbonyl (C=O) groups excluding carboxylic acids is 1. The number of ether oxygens (including phenoxy) is 1. The van der Waals surface area contributed by atoms with Crippen molar-refractivity contribution in [1.29, 1.82) is 0 Å². The number of anilines is 4. The number of nitro groups is 1. The highest BCUT2D eigenvalue weighted by Gasteiger charge is 2.31. The number of nitrogens with zero attached hydrogens (tertiary/aromatic N) is 3. The Morgan fingerprint density at radius 2 is 1.72 bits per heavy atom. The van der Waals surface area contributed by atoms with E-state index in [1.807, 2.05) is 0 Å². The van der Waals surface area contributed by atoms with Gasteiger partial charge in [-0.1, -0.05) is 23.7 Å². The molecular formula is C19H13ClF3N5O4. The summed E-state index contributed by atoms with van der Waals surface area (Å²) in [6, 6.07) is 8.52. The number of nitrogens with one attached hydrogen (secondary N) is 2. The van der Waals surface area contributed by atoms with Crippen LogP contribution in [0.1, 0.15) is 15.9 Å². The second-order valence-electron chi connectivity index (χ2n) is 6.16. The summed E-state index contributed by atoms with van der Waals surface area (Å²) in [4.78, 5) is 30.5. The van der Waals surface area contributed by atoms with E-state index >= 15 is 0 Å². The largest absolute Gasteiger partial charge is 0.465 e. The van der Waals surface area contributed by atoms with Gasteiger partial charge in [0.25, 0.3) is 0 Å². The van der Waals surface area contributed by atoms with Gasteiger partial charge in [-0.15, -0.1) is 0 Å². The molecule has 9 nitrogen and oxygen atoms in total. The second-order valence-corrected chi connectivity index (χ2v) is 6.56. The van der Waals surface area contributed by atoms with Crippen LogP contribution in [0.15, 0.2) is 48.8 Å². The minimum atomic E-state index is -4.65. The summed E-state index contributed by atoms with van der Waals surface area (Å²) in [5.41, 5.74) is -1.70. The van der Waals surface area contributed by atoms with Crippen LogP contribution in [0, 0.1) is 10.1 Å². The van der Waals surface area contributed by atoms with Crippen molar-refractivity contribution in [3.8, 4) is 0 Å². The van der Waals surface area contributed by atoms with Gasteiger partial charge in [0.1, 0.15) is 6.33 Å². The zero-order chi connectivity index (χ0) is 23.5. The third kappa shape index (κ3) is 4.86. The maximum atomic E-state index is 13.0. The number of hydrogen-bond donors (Lipinski definition) is 2. The number of para-hydroxylation sites is 1. The molecule has 0 aliphatic heterocycles. The number of benzene rings is 2. The fourth-order valence-electron chi connectivity index (χ4n) is 2.67. The highest BCUT2D eigenvalue weighted by Crippen LogP contribution is 2.38. The number of methoxy groups -OCH3 is 1. The number of rotatable bonds is 6. The Kier molecular flexibility index (Phi) is 6.44. The van der Waals surface area contributed by atoms with Crippen molar-refractivity contribution in [3.05, 3.63) is 75.1 Å². The first kappa shape index (κ1) is 22.7. The molecule has 0 fully saturated rings. The number of esters is 1. The molecule has 1 aromatic heterocycles. The average Bonchev–Trinajstić information content (AvgIpc) is 2.74. The van der Waals surface area contributed by atoms with Gasteiger partial charge in [-0.25, -0.2) is 14.8 Å². The molecule has 166 valence electrons. The average molecular weight is 468 g/mol. The Morgan fingerprint density at radius 3 is 2.31 bits per heavy atom. The van der Waals surface area contributed by atoms with E-state index in [0.29, 0.717) is 6.07 Å². The Balaban J connectivity index is 2.04. The normalized spacial score (nSPS) is 11.0. The summed E-state index contributed by atoms with van der Waals surface area (Å²) < 4.78 is 43.8. The number of hydrogen-bond acceptors (Lipinski definition) is 8. The van der Waals surface area contributed by atoms with Gasteiger partial charge in [0, 0.05) is 0 Å². The van der Waals surface area contributed by atoms with Crippen molar-refractivity contribution in [2.75, 3.05) is 17.7 Å². The number of aromatic nitrogens is 2. The molecule has 0 bridgehead atoms. The van der Waals surface area contributed by atoms with Crippen molar-refractivity contribution in [2.45, 2.75) is 6.18 Å². The predicted molar refractivity (Wildman–Crippen MR) is 109 cm³/mol. The fraction of sp³-hybridized carbons (Fsp3) is 0.105. The maximum Gasteiger partial charge on any atom is 0.416 e. The lowest BCUT2D eigenvalue weighted by atomic mass is 10.1. The van der Waals surface area contributed by atoms with Gasteiger partial charge in [-0.2, -0.15) is 13.2 Å². The summed E-state index contributed by atoms with van der Waals surface area (Å²) >= 11 is 5.96. The van der Waals surface area contributed by atoms with Crippen LogP contribution in [0.5, 0.6) is 0 Å². The van der Waals surface area contributed by atoms with Gasteiger partial charge < -0.3 is 15.4 Å². The van der Waals surface area contributed by atoms with Crippen LogP contribution < -0.4 is 10.6 Å². The molecule has 3 rings (SSSR count). The summed E-state index contributed by atoms with van der Waals surface area (Å²) in [7, 11) is 1.17. The van der Waals surface area contributed by atoms with E-state index in [2.05, 4.69) is 25.3 Å².